The summed E-state index contributed by atoms with van der Waals surface area (Å²) in [5, 5.41) is 6.19. The van der Waals surface area contributed by atoms with Crippen LogP contribution in [0.2, 0.25) is 0 Å². The molecule has 1 amide bonds. The van der Waals surface area contributed by atoms with Gasteiger partial charge in [0, 0.05) is 12.0 Å². The number of carbonyl (C=O) groups excluding carboxylic acids is 1. The molecule has 0 saturated heterocycles. The number of hydrogen-bond donors (Lipinski definition) is 2. The lowest BCUT2D eigenvalue weighted by Crippen LogP contribution is -2.38. The SMILES string of the molecule is O=C(CNCC1CC1)NCC1(c2ccc(F)cc2)CC1. The maximum Gasteiger partial charge on any atom is 0.233 e. The Bertz CT molecular complexity index is 478. The summed E-state index contributed by atoms with van der Waals surface area (Å²) in [7, 11) is 0. The standard InChI is InChI=1S/C16H21FN2O/c17-14-5-3-13(4-6-14)16(7-8-16)11-19-15(20)10-18-9-12-1-2-12/h3-6,12,18H,1-2,7-11H2,(H,19,20). The van der Waals surface area contributed by atoms with Gasteiger partial charge in [-0.3, -0.25) is 4.79 Å². The van der Waals surface area contributed by atoms with Crippen LogP contribution in [0, 0.1) is 11.7 Å². The van der Waals surface area contributed by atoms with Crippen LogP contribution in [0.3, 0.4) is 0 Å². The van der Waals surface area contributed by atoms with Crippen molar-refractivity contribution in [3.05, 3.63) is 35.6 Å². The smallest absolute Gasteiger partial charge is 0.233 e. The normalized spacial score (nSPS) is 19.6. The highest BCUT2D eigenvalue weighted by Crippen LogP contribution is 2.47. The third-order valence-electron chi connectivity index (χ3n) is 4.35. The fourth-order valence-electron chi connectivity index (χ4n) is 2.56. The van der Waals surface area contributed by atoms with Gasteiger partial charge in [0.25, 0.3) is 0 Å². The average molecular weight is 276 g/mol. The lowest BCUT2D eigenvalue weighted by atomic mass is 9.96. The number of nitrogens with one attached hydrogen (secondary N) is 2. The topological polar surface area (TPSA) is 41.1 Å². The number of benzene rings is 1. The summed E-state index contributed by atoms with van der Waals surface area (Å²) in [6.07, 6.45) is 4.72. The first kappa shape index (κ1) is 13.6. The first-order valence-corrected chi connectivity index (χ1v) is 7.41. The molecule has 0 spiro atoms. The molecule has 2 saturated carbocycles. The van der Waals surface area contributed by atoms with Gasteiger partial charge in [-0.25, -0.2) is 4.39 Å². The maximum absolute atomic E-state index is 12.9. The molecule has 0 bridgehead atoms. The van der Waals surface area contributed by atoms with E-state index in [1.807, 2.05) is 12.1 Å². The number of rotatable bonds is 7. The minimum absolute atomic E-state index is 0.0415. The highest BCUT2D eigenvalue weighted by molar-refractivity contribution is 5.78. The third-order valence-corrected chi connectivity index (χ3v) is 4.35. The number of carbonyl (C=O) groups is 1. The van der Waals surface area contributed by atoms with Gasteiger partial charge in [0.2, 0.25) is 5.91 Å². The molecular weight excluding hydrogens is 255 g/mol. The lowest BCUT2D eigenvalue weighted by Gasteiger charge is -2.16. The molecular formula is C16H21FN2O. The van der Waals surface area contributed by atoms with Crippen LogP contribution in [-0.4, -0.2) is 25.5 Å². The predicted octanol–water partition coefficient (Wildman–Crippen LogP) is 1.97. The monoisotopic (exact) mass is 276 g/mol. The Kier molecular flexibility index (Phi) is 3.74. The van der Waals surface area contributed by atoms with Gasteiger partial charge in [0.05, 0.1) is 6.54 Å². The largest absolute Gasteiger partial charge is 0.354 e. The van der Waals surface area contributed by atoms with E-state index in [0.717, 1.165) is 30.9 Å². The molecule has 108 valence electrons. The molecule has 2 fully saturated rings. The summed E-state index contributed by atoms with van der Waals surface area (Å²) in [6, 6.07) is 6.66. The van der Waals surface area contributed by atoms with Crippen molar-refractivity contribution in [1.82, 2.24) is 10.6 Å². The Morgan fingerprint density at radius 3 is 2.55 bits per heavy atom. The zero-order chi connectivity index (χ0) is 14.0. The molecule has 4 heteroatoms. The van der Waals surface area contributed by atoms with Gasteiger partial charge in [-0.05, 0) is 55.8 Å². The van der Waals surface area contributed by atoms with Gasteiger partial charge in [-0.2, -0.15) is 0 Å². The number of hydrogen-bond acceptors (Lipinski definition) is 2. The van der Waals surface area contributed by atoms with Crippen molar-refractivity contribution in [1.29, 1.82) is 0 Å². The van der Waals surface area contributed by atoms with Crippen molar-refractivity contribution >= 4 is 5.91 Å². The molecule has 0 aliphatic heterocycles. The highest BCUT2D eigenvalue weighted by atomic mass is 19.1. The molecule has 3 rings (SSSR count). The number of amides is 1. The van der Waals surface area contributed by atoms with Crippen molar-refractivity contribution < 1.29 is 9.18 Å². The average Bonchev–Trinajstić information content (AvgIpc) is 3.33. The summed E-state index contributed by atoms with van der Waals surface area (Å²) in [5.41, 5.74) is 1.17. The van der Waals surface area contributed by atoms with E-state index in [2.05, 4.69) is 10.6 Å². The summed E-state index contributed by atoms with van der Waals surface area (Å²) in [4.78, 5) is 11.8. The van der Waals surface area contributed by atoms with Gasteiger partial charge in [-0.1, -0.05) is 12.1 Å². The van der Waals surface area contributed by atoms with Crippen LogP contribution >= 0.6 is 0 Å². The molecule has 2 aliphatic rings. The molecule has 20 heavy (non-hydrogen) atoms. The van der Waals surface area contributed by atoms with E-state index in [-0.39, 0.29) is 17.1 Å². The fraction of sp³-hybridized carbons (Fsp3) is 0.562. The maximum atomic E-state index is 12.9. The van der Waals surface area contributed by atoms with E-state index in [0.29, 0.717) is 13.1 Å². The molecule has 2 aliphatic carbocycles. The summed E-state index contributed by atoms with van der Waals surface area (Å²) < 4.78 is 12.9. The Labute approximate surface area is 118 Å². The van der Waals surface area contributed by atoms with Crippen molar-refractivity contribution in [2.75, 3.05) is 19.6 Å². The van der Waals surface area contributed by atoms with Gasteiger partial charge in [0.15, 0.2) is 0 Å². The lowest BCUT2D eigenvalue weighted by molar-refractivity contribution is -0.120. The molecule has 0 atom stereocenters. The van der Waals surface area contributed by atoms with Crippen molar-refractivity contribution in [3.63, 3.8) is 0 Å². The minimum Gasteiger partial charge on any atom is -0.354 e. The molecule has 0 heterocycles. The Morgan fingerprint density at radius 1 is 1.25 bits per heavy atom. The van der Waals surface area contributed by atoms with Crippen LogP contribution < -0.4 is 10.6 Å². The summed E-state index contributed by atoms with van der Waals surface area (Å²) in [5.74, 6) is 0.633. The van der Waals surface area contributed by atoms with Gasteiger partial charge >= 0.3 is 0 Å². The van der Waals surface area contributed by atoms with Gasteiger partial charge < -0.3 is 10.6 Å². The number of halogens is 1. The van der Waals surface area contributed by atoms with Gasteiger partial charge in [-0.15, -0.1) is 0 Å². The molecule has 2 N–H and O–H groups in total. The second-order valence-corrected chi connectivity index (χ2v) is 6.14. The Hall–Kier alpha value is -1.42. The first-order valence-electron chi connectivity index (χ1n) is 7.41. The van der Waals surface area contributed by atoms with Crippen molar-refractivity contribution in [2.45, 2.75) is 31.1 Å². The quantitative estimate of drug-likeness (QED) is 0.799. The Balaban J connectivity index is 1.44. The predicted molar refractivity (Wildman–Crippen MR) is 75.9 cm³/mol. The zero-order valence-electron chi connectivity index (χ0n) is 11.6. The van der Waals surface area contributed by atoms with E-state index in [9.17, 15) is 9.18 Å². The molecule has 0 unspecified atom stereocenters. The summed E-state index contributed by atoms with van der Waals surface area (Å²) in [6.45, 7) is 2.01. The molecule has 1 aromatic rings. The first-order chi connectivity index (χ1) is 9.68. The van der Waals surface area contributed by atoms with E-state index >= 15 is 0 Å². The molecule has 0 aromatic heterocycles. The van der Waals surface area contributed by atoms with Gasteiger partial charge in [0.1, 0.15) is 5.82 Å². The van der Waals surface area contributed by atoms with Crippen LogP contribution in [0.25, 0.3) is 0 Å². The second kappa shape index (κ2) is 5.52. The minimum atomic E-state index is -0.210. The van der Waals surface area contributed by atoms with Crippen LogP contribution in [0.1, 0.15) is 31.2 Å². The van der Waals surface area contributed by atoms with Crippen molar-refractivity contribution in [2.24, 2.45) is 5.92 Å². The van der Waals surface area contributed by atoms with Crippen LogP contribution in [0.5, 0.6) is 0 Å². The fourth-order valence-corrected chi connectivity index (χ4v) is 2.56. The van der Waals surface area contributed by atoms with Crippen LogP contribution in [-0.2, 0) is 10.2 Å². The van der Waals surface area contributed by atoms with E-state index in [1.165, 1.54) is 25.0 Å². The van der Waals surface area contributed by atoms with E-state index in [1.54, 1.807) is 0 Å². The molecule has 0 radical (unpaired) electrons. The zero-order valence-corrected chi connectivity index (χ0v) is 11.6. The highest BCUT2D eigenvalue weighted by Gasteiger charge is 2.44. The Morgan fingerprint density at radius 2 is 1.95 bits per heavy atom. The molecule has 3 nitrogen and oxygen atoms in total. The third kappa shape index (κ3) is 3.37. The van der Waals surface area contributed by atoms with Crippen LogP contribution in [0.4, 0.5) is 4.39 Å². The van der Waals surface area contributed by atoms with Crippen LogP contribution in [0.15, 0.2) is 24.3 Å². The molecule has 1 aromatic carbocycles. The van der Waals surface area contributed by atoms with E-state index in [4.69, 9.17) is 0 Å². The van der Waals surface area contributed by atoms with Crippen molar-refractivity contribution in [3.8, 4) is 0 Å². The van der Waals surface area contributed by atoms with E-state index < -0.39 is 0 Å². The second-order valence-electron chi connectivity index (χ2n) is 6.14. The summed E-state index contributed by atoms with van der Waals surface area (Å²) >= 11 is 0.